The van der Waals surface area contributed by atoms with Crippen LogP contribution in [0, 0.1) is 11.8 Å². The van der Waals surface area contributed by atoms with E-state index in [2.05, 4.69) is 39.5 Å². The molecule has 1 aliphatic heterocycles. The molecule has 1 rings (SSSR count). The van der Waals surface area contributed by atoms with Crippen LogP contribution in [-0.4, -0.2) is 24.1 Å². The van der Waals surface area contributed by atoms with Gasteiger partial charge in [-0.15, -0.1) is 0 Å². The zero-order valence-electron chi connectivity index (χ0n) is 16.0. The van der Waals surface area contributed by atoms with Crippen LogP contribution in [0.1, 0.15) is 59.8 Å². The van der Waals surface area contributed by atoms with Gasteiger partial charge in [0, 0.05) is 18.9 Å². The Kier molecular flexibility index (Phi) is 9.25. The predicted molar refractivity (Wildman–Crippen MR) is 99.9 cm³/mol. The molecule has 0 saturated heterocycles. The van der Waals surface area contributed by atoms with Gasteiger partial charge in [-0.05, 0) is 38.0 Å². The Labute approximate surface area is 152 Å². The molecule has 3 unspecified atom stereocenters. The number of esters is 2. The summed E-state index contributed by atoms with van der Waals surface area (Å²) < 4.78 is 11.2. The number of carbonyl (C=O) groups excluding carboxylic acids is 2. The summed E-state index contributed by atoms with van der Waals surface area (Å²) in [5.74, 6) is -0.0416. The van der Waals surface area contributed by atoms with Gasteiger partial charge in [0.1, 0.15) is 12.2 Å². The molecule has 4 nitrogen and oxygen atoms in total. The standard InChI is InChI=1S/C21H32O4/c1-15(2)13-14-21(23)25-19-11-8-12-20(22)24-18(16(3)4)10-7-6-9-17(19)5/h6-7,13-14,16-19H,1,8-12H2,2-5H3/b7-6+,14-13+. The Bertz CT molecular complexity index is 516. The van der Waals surface area contributed by atoms with Crippen molar-refractivity contribution in [3.63, 3.8) is 0 Å². The summed E-state index contributed by atoms with van der Waals surface area (Å²) in [5, 5.41) is 0. The van der Waals surface area contributed by atoms with Crippen LogP contribution in [0.25, 0.3) is 0 Å². The molecule has 140 valence electrons. The molecule has 0 saturated carbocycles. The zero-order chi connectivity index (χ0) is 18.8. The number of allylic oxidation sites excluding steroid dienone is 3. The van der Waals surface area contributed by atoms with E-state index in [-0.39, 0.29) is 30.1 Å². The van der Waals surface area contributed by atoms with Gasteiger partial charge >= 0.3 is 11.9 Å². The van der Waals surface area contributed by atoms with Crippen molar-refractivity contribution >= 4 is 11.9 Å². The van der Waals surface area contributed by atoms with E-state index in [4.69, 9.17) is 9.47 Å². The van der Waals surface area contributed by atoms with Crippen LogP contribution < -0.4 is 0 Å². The van der Waals surface area contributed by atoms with Crippen LogP contribution in [0.15, 0.2) is 36.5 Å². The maximum absolute atomic E-state index is 12.0. The summed E-state index contributed by atoms with van der Waals surface area (Å²) in [7, 11) is 0. The second-order valence-corrected chi connectivity index (χ2v) is 7.24. The van der Waals surface area contributed by atoms with Crippen molar-refractivity contribution in [2.75, 3.05) is 0 Å². The Morgan fingerprint density at radius 2 is 2.00 bits per heavy atom. The quantitative estimate of drug-likeness (QED) is 0.318. The molecule has 0 spiro atoms. The van der Waals surface area contributed by atoms with E-state index >= 15 is 0 Å². The van der Waals surface area contributed by atoms with E-state index in [1.54, 1.807) is 6.08 Å². The molecule has 0 aromatic rings. The fourth-order valence-corrected chi connectivity index (χ4v) is 2.68. The first kappa shape index (κ1) is 21.2. The number of rotatable bonds is 4. The summed E-state index contributed by atoms with van der Waals surface area (Å²) in [6, 6.07) is 0. The minimum Gasteiger partial charge on any atom is -0.462 e. The molecule has 0 N–H and O–H groups in total. The molecule has 0 aromatic heterocycles. The monoisotopic (exact) mass is 348 g/mol. The second kappa shape index (κ2) is 10.9. The normalized spacial score (nSPS) is 27.2. The van der Waals surface area contributed by atoms with Crippen LogP contribution in [0.2, 0.25) is 0 Å². The highest BCUT2D eigenvalue weighted by Crippen LogP contribution is 2.22. The fourth-order valence-electron chi connectivity index (χ4n) is 2.68. The molecular weight excluding hydrogens is 316 g/mol. The maximum atomic E-state index is 12.0. The van der Waals surface area contributed by atoms with Crippen molar-refractivity contribution in [3.8, 4) is 0 Å². The number of carbonyl (C=O) groups is 2. The van der Waals surface area contributed by atoms with Gasteiger partial charge in [-0.1, -0.05) is 51.2 Å². The Morgan fingerprint density at radius 3 is 2.64 bits per heavy atom. The minimum absolute atomic E-state index is 0.0700. The van der Waals surface area contributed by atoms with Crippen LogP contribution in [0.3, 0.4) is 0 Å². The van der Waals surface area contributed by atoms with Gasteiger partial charge in [0.2, 0.25) is 0 Å². The minimum atomic E-state index is -0.363. The molecule has 0 radical (unpaired) electrons. The SMILES string of the molecule is C=C(C)/C=C/C(=O)OC1CCCC(=O)OC(C(C)C)C/C=C/CC1C. The molecule has 0 amide bonds. The zero-order valence-corrected chi connectivity index (χ0v) is 16.0. The first-order valence-corrected chi connectivity index (χ1v) is 9.18. The third kappa shape index (κ3) is 8.71. The predicted octanol–water partition coefficient (Wildman–Crippen LogP) is 4.75. The Hall–Kier alpha value is -1.84. The number of hydrogen-bond donors (Lipinski definition) is 0. The van der Waals surface area contributed by atoms with Crippen molar-refractivity contribution in [2.24, 2.45) is 11.8 Å². The molecule has 4 heteroatoms. The average Bonchev–Trinajstić information content (AvgIpc) is 2.53. The van der Waals surface area contributed by atoms with E-state index in [1.807, 2.05) is 6.92 Å². The van der Waals surface area contributed by atoms with Crippen molar-refractivity contribution in [1.29, 1.82) is 0 Å². The number of ether oxygens (including phenoxy) is 2. The lowest BCUT2D eigenvalue weighted by molar-refractivity contribution is -0.151. The first-order valence-electron chi connectivity index (χ1n) is 9.18. The van der Waals surface area contributed by atoms with E-state index in [9.17, 15) is 9.59 Å². The molecule has 0 fully saturated rings. The molecular formula is C21H32O4. The van der Waals surface area contributed by atoms with Crippen molar-refractivity contribution < 1.29 is 19.1 Å². The van der Waals surface area contributed by atoms with E-state index in [1.165, 1.54) is 6.08 Å². The van der Waals surface area contributed by atoms with E-state index in [0.29, 0.717) is 25.2 Å². The molecule has 0 bridgehead atoms. The summed E-state index contributed by atoms with van der Waals surface area (Å²) >= 11 is 0. The van der Waals surface area contributed by atoms with Crippen molar-refractivity contribution in [3.05, 3.63) is 36.5 Å². The largest absolute Gasteiger partial charge is 0.462 e. The molecule has 0 aromatic carbocycles. The van der Waals surface area contributed by atoms with Gasteiger partial charge in [-0.25, -0.2) is 4.79 Å². The van der Waals surface area contributed by atoms with Gasteiger partial charge in [-0.2, -0.15) is 0 Å². The van der Waals surface area contributed by atoms with Gasteiger partial charge in [0.05, 0.1) is 0 Å². The van der Waals surface area contributed by atoms with Crippen LogP contribution >= 0.6 is 0 Å². The topological polar surface area (TPSA) is 52.6 Å². The smallest absolute Gasteiger partial charge is 0.331 e. The maximum Gasteiger partial charge on any atom is 0.331 e. The van der Waals surface area contributed by atoms with Gasteiger partial charge in [0.25, 0.3) is 0 Å². The molecule has 25 heavy (non-hydrogen) atoms. The lowest BCUT2D eigenvalue weighted by Gasteiger charge is -2.24. The lowest BCUT2D eigenvalue weighted by atomic mass is 9.94. The molecule has 3 atom stereocenters. The highest BCUT2D eigenvalue weighted by atomic mass is 16.5. The van der Waals surface area contributed by atoms with E-state index < -0.39 is 0 Å². The molecule has 1 heterocycles. The summed E-state index contributed by atoms with van der Waals surface area (Å²) in [5.41, 5.74) is 0.800. The highest BCUT2D eigenvalue weighted by molar-refractivity contribution is 5.82. The second-order valence-electron chi connectivity index (χ2n) is 7.24. The van der Waals surface area contributed by atoms with Gasteiger partial charge < -0.3 is 9.47 Å². The molecule has 1 aliphatic rings. The fraction of sp³-hybridized carbons (Fsp3) is 0.619. The van der Waals surface area contributed by atoms with Crippen LogP contribution in [-0.2, 0) is 19.1 Å². The summed E-state index contributed by atoms with van der Waals surface area (Å²) in [4.78, 5) is 24.0. The lowest BCUT2D eigenvalue weighted by Crippen LogP contribution is -2.26. The number of hydrogen-bond acceptors (Lipinski definition) is 4. The number of cyclic esters (lactones) is 1. The highest BCUT2D eigenvalue weighted by Gasteiger charge is 2.22. The Morgan fingerprint density at radius 1 is 1.32 bits per heavy atom. The van der Waals surface area contributed by atoms with Crippen LogP contribution in [0.5, 0.6) is 0 Å². The van der Waals surface area contributed by atoms with Crippen molar-refractivity contribution in [1.82, 2.24) is 0 Å². The third-order valence-electron chi connectivity index (χ3n) is 4.34. The summed E-state index contributed by atoms with van der Waals surface area (Å²) in [6.45, 7) is 11.8. The first-order chi connectivity index (χ1) is 11.8. The van der Waals surface area contributed by atoms with Crippen LogP contribution in [0.4, 0.5) is 0 Å². The Balaban J connectivity index is 2.74. The van der Waals surface area contributed by atoms with E-state index in [0.717, 1.165) is 18.4 Å². The average molecular weight is 348 g/mol. The third-order valence-corrected chi connectivity index (χ3v) is 4.34. The van der Waals surface area contributed by atoms with Gasteiger partial charge in [-0.3, -0.25) is 4.79 Å². The van der Waals surface area contributed by atoms with Gasteiger partial charge in [0.15, 0.2) is 0 Å². The molecule has 0 aliphatic carbocycles. The van der Waals surface area contributed by atoms with Crippen molar-refractivity contribution in [2.45, 2.75) is 72.0 Å². The summed E-state index contributed by atoms with van der Waals surface area (Å²) in [6.07, 6.45) is 10.2.